The molecule has 2 fully saturated rings. The van der Waals surface area contributed by atoms with Crippen molar-refractivity contribution in [2.75, 3.05) is 36.0 Å². The highest BCUT2D eigenvalue weighted by Gasteiger charge is 2.41. The van der Waals surface area contributed by atoms with E-state index < -0.39 is 0 Å². The molecule has 2 aromatic heterocycles. The van der Waals surface area contributed by atoms with Gasteiger partial charge in [-0.05, 0) is 5.92 Å². The zero-order valence-corrected chi connectivity index (χ0v) is 13.8. The van der Waals surface area contributed by atoms with Crippen molar-refractivity contribution < 1.29 is 0 Å². The molecule has 0 saturated carbocycles. The first-order valence-electron chi connectivity index (χ1n) is 7.92. The lowest BCUT2D eigenvalue weighted by Crippen LogP contribution is -2.29. The van der Waals surface area contributed by atoms with Crippen LogP contribution in [0, 0.1) is 11.8 Å². The van der Waals surface area contributed by atoms with E-state index in [-0.39, 0.29) is 0 Å². The second kappa shape index (κ2) is 5.50. The second-order valence-electron chi connectivity index (χ2n) is 6.60. The molecule has 0 aromatic carbocycles. The van der Waals surface area contributed by atoms with E-state index in [1.165, 1.54) is 5.13 Å². The molecule has 4 heterocycles. The van der Waals surface area contributed by atoms with Crippen LogP contribution in [0.25, 0.3) is 0 Å². The lowest BCUT2D eigenvalue weighted by Gasteiger charge is -2.22. The summed E-state index contributed by atoms with van der Waals surface area (Å²) in [6, 6.07) is 2.16. The number of thiazole rings is 1. The molecular weight excluding hydrogens is 294 g/mol. The molecular formula is C16H21N5S. The molecule has 2 saturated heterocycles. The zero-order valence-electron chi connectivity index (χ0n) is 13.0. The first-order chi connectivity index (χ1) is 10.7. The Morgan fingerprint density at radius 1 is 1.05 bits per heavy atom. The van der Waals surface area contributed by atoms with E-state index in [9.17, 15) is 0 Å². The summed E-state index contributed by atoms with van der Waals surface area (Å²) < 4.78 is 0. The van der Waals surface area contributed by atoms with Gasteiger partial charge in [-0.1, -0.05) is 13.8 Å². The topological polar surface area (TPSA) is 45.2 Å². The van der Waals surface area contributed by atoms with Crippen LogP contribution in [0.1, 0.15) is 25.5 Å². The molecule has 0 bridgehead atoms. The molecule has 0 aliphatic carbocycles. The molecule has 0 amide bonds. The largest absolute Gasteiger partial charge is 0.356 e. The Morgan fingerprint density at radius 3 is 2.41 bits per heavy atom. The third-order valence-electron chi connectivity index (χ3n) is 4.77. The van der Waals surface area contributed by atoms with E-state index in [4.69, 9.17) is 0 Å². The summed E-state index contributed by atoms with van der Waals surface area (Å²) >= 11 is 1.74. The number of anilines is 2. The average molecular weight is 315 g/mol. The van der Waals surface area contributed by atoms with Gasteiger partial charge >= 0.3 is 0 Å². The molecule has 0 N–H and O–H groups in total. The Morgan fingerprint density at radius 2 is 1.77 bits per heavy atom. The van der Waals surface area contributed by atoms with Gasteiger partial charge in [0.2, 0.25) is 0 Å². The molecule has 116 valence electrons. The summed E-state index contributed by atoms with van der Waals surface area (Å²) in [5.74, 6) is 2.99. The molecule has 2 aliphatic rings. The number of rotatable bonds is 3. The van der Waals surface area contributed by atoms with Crippen LogP contribution in [-0.4, -0.2) is 41.1 Å². The van der Waals surface area contributed by atoms with Crippen LogP contribution in [0.5, 0.6) is 0 Å². The number of hydrogen-bond acceptors (Lipinski definition) is 6. The minimum atomic E-state index is 0.448. The number of fused-ring (bicyclic) bond motifs is 1. The summed E-state index contributed by atoms with van der Waals surface area (Å²) in [5.41, 5.74) is 1.13. The maximum absolute atomic E-state index is 4.49. The number of aromatic nitrogens is 3. The number of nitrogens with zero attached hydrogens (tertiary/aromatic N) is 5. The van der Waals surface area contributed by atoms with Crippen molar-refractivity contribution in [3.8, 4) is 0 Å². The summed E-state index contributed by atoms with van der Waals surface area (Å²) in [6.45, 7) is 8.79. The molecule has 2 aliphatic heterocycles. The van der Waals surface area contributed by atoms with Crippen molar-refractivity contribution in [1.82, 2.24) is 15.0 Å². The third-order valence-corrected chi connectivity index (χ3v) is 5.60. The molecule has 4 rings (SSSR count). The predicted molar refractivity (Wildman–Crippen MR) is 89.6 cm³/mol. The summed E-state index contributed by atoms with van der Waals surface area (Å²) in [4.78, 5) is 18.2. The van der Waals surface area contributed by atoms with E-state index in [1.807, 2.05) is 6.20 Å². The van der Waals surface area contributed by atoms with E-state index in [1.54, 1.807) is 17.7 Å². The highest BCUT2D eigenvalue weighted by molar-refractivity contribution is 7.13. The monoisotopic (exact) mass is 315 g/mol. The number of hydrogen-bond donors (Lipinski definition) is 0. The molecule has 2 aromatic rings. The summed E-state index contributed by atoms with van der Waals surface area (Å²) in [7, 11) is 0. The van der Waals surface area contributed by atoms with Gasteiger partial charge < -0.3 is 9.80 Å². The minimum Gasteiger partial charge on any atom is -0.356 e. The normalized spacial score (nSPS) is 24.3. The third kappa shape index (κ3) is 2.45. The van der Waals surface area contributed by atoms with Crippen LogP contribution in [0.15, 0.2) is 24.0 Å². The smallest absolute Gasteiger partial charge is 0.185 e. The van der Waals surface area contributed by atoms with Gasteiger partial charge in [0.1, 0.15) is 12.1 Å². The van der Waals surface area contributed by atoms with Gasteiger partial charge in [0, 0.05) is 61.4 Å². The Bertz CT molecular complexity index is 628. The highest BCUT2D eigenvalue weighted by Crippen LogP contribution is 2.36. The van der Waals surface area contributed by atoms with Crippen LogP contribution in [0.2, 0.25) is 0 Å². The maximum atomic E-state index is 4.49. The zero-order chi connectivity index (χ0) is 15.1. The highest BCUT2D eigenvalue weighted by atomic mass is 32.1. The van der Waals surface area contributed by atoms with E-state index >= 15 is 0 Å². The quantitative estimate of drug-likeness (QED) is 0.871. The lowest BCUT2D eigenvalue weighted by atomic mass is 10.0. The van der Waals surface area contributed by atoms with E-state index in [0.29, 0.717) is 5.92 Å². The van der Waals surface area contributed by atoms with Crippen LogP contribution >= 0.6 is 11.3 Å². The summed E-state index contributed by atoms with van der Waals surface area (Å²) in [5, 5.41) is 3.23. The molecule has 6 heteroatoms. The second-order valence-corrected chi connectivity index (χ2v) is 7.47. The molecule has 0 radical (unpaired) electrons. The van der Waals surface area contributed by atoms with Crippen molar-refractivity contribution in [3.05, 3.63) is 29.7 Å². The Balaban J connectivity index is 1.46. The van der Waals surface area contributed by atoms with Crippen LogP contribution in [-0.2, 0) is 0 Å². The minimum absolute atomic E-state index is 0.448. The van der Waals surface area contributed by atoms with Crippen molar-refractivity contribution in [2.24, 2.45) is 11.8 Å². The van der Waals surface area contributed by atoms with E-state index in [2.05, 4.69) is 50.0 Å². The molecule has 22 heavy (non-hydrogen) atoms. The van der Waals surface area contributed by atoms with Crippen molar-refractivity contribution >= 4 is 22.3 Å². The van der Waals surface area contributed by atoms with E-state index in [0.717, 1.165) is 49.5 Å². The Kier molecular flexibility index (Phi) is 3.48. The van der Waals surface area contributed by atoms with Gasteiger partial charge in [0.15, 0.2) is 5.13 Å². The van der Waals surface area contributed by atoms with Gasteiger partial charge in [-0.3, -0.25) is 0 Å². The lowest BCUT2D eigenvalue weighted by molar-refractivity contribution is 0.533. The fourth-order valence-electron chi connectivity index (χ4n) is 3.56. The maximum Gasteiger partial charge on any atom is 0.185 e. The first kappa shape index (κ1) is 13.9. The van der Waals surface area contributed by atoms with Crippen molar-refractivity contribution in [2.45, 2.75) is 19.8 Å². The Hall–Kier alpha value is -1.69. The molecule has 2 unspecified atom stereocenters. The van der Waals surface area contributed by atoms with Gasteiger partial charge in [0.05, 0.1) is 0 Å². The summed E-state index contributed by atoms with van der Waals surface area (Å²) in [6.07, 6.45) is 3.61. The predicted octanol–water partition coefficient (Wildman–Crippen LogP) is 2.63. The SMILES string of the molecule is CC(C)c1cc(N2CC3CN(c4nccs4)CC3C2)ncn1. The van der Waals surface area contributed by atoms with Gasteiger partial charge in [0.25, 0.3) is 0 Å². The molecule has 5 nitrogen and oxygen atoms in total. The van der Waals surface area contributed by atoms with Gasteiger partial charge in [-0.15, -0.1) is 11.3 Å². The standard InChI is InChI=1S/C16H21N5S/c1-11(2)14-5-15(19-10-18-14)20-6-12-8-21(9-13(12)7-20)16-17-3-4-22-16/h3-5,10-13H,6-9H2,1-2H3. The fraction of sp³-hybridized carbons (Fsp3) is 0.562. The Labute approximate surface area is 135 Å². The molecule has 2 atom stereocenters. The molecule has 0 spiro atoms. The van der Waals surface area contributed by atoms with Gasteiger partial charge in [-0.2, -0.15) is 0 Å². The van der Waals surface area contributed by atoms with Crippen LogP contribution < -0.4 is 9.80 Å². The first-order valence-corrected chi connectivity index (χ1v) is 8.80. The fourth-order valence-corrected chi connectivity index (χ4v) is 4.22. The van der Waals surface area contributed by atoms with Crippen LogP contribution in [0.3, 0.4) is 0 Å². The van der Waals surface area contributed by atoms with Crippen LogP contribution in [0.4, 0.5) is 10.9 Å². The van der Waals surface area contributed by atoms with Gasteiger partial charge in [-0.25, -0.2) is 15.0 Å². The van der Waals surface area contributed by atoms with Crippen molar-refractivity contribution in [3.63, 3.8) is 0 Å². The van der Waals surface area contributed by atoms with Crippen molar-refractivity contribution in [1.29, 1.82) is 0 Å². The average Bonchev–Trinajstić information content (AvgIpc) is 3.22.